The molecule has 1 aromatic rings. The lowest BCUT2D eigenvalue weighted by atomic mass is 10.1. The summed E-state index contributed by atoms with van der Waals surface area (Å²) in [7, 11) is 0. The van der Waals surface area contributed by atoms with E-state index in [-0.39, 0.29) is 11.3 Å². The highest BCUT2D eigenvalue weighted by Gasteiger charge is 2.17. The van der Waals surface area contributed by atoms with Crippen molar-refractivity contribution in [2.75, 3.05) is 0 Å². The van der Waals surface area contributed by atoms with Crippen LogP contribution in [0, 0.1) is 0 Å². The molecule has 3 nitrogen and oxygen atoms in total. The molecular formula is C10H8O3S. The Balaban J connectivity index is 2.67. The topological polar surface area (TPSA) is 54.4 Å². The second-order valence-electron chi connectivity index (χ2n) is 2.72. The predicted octanol–water partition coefficient (Wildman–Crippen LogP) is 1.25. The molecule has 0 spiro atoms. The number of hydrogen-bond acceptors (Lipinski definition) is 3. The summed E-state index contributed by atoms with van der Waals surface area (Å²) >= 11 is 4.70. The van der Waals surface area contributed by atoms with Gasteiger partial charge in [0.25, 0.3) is 5.78 Å². The fourth-order valence-electron chi connectivity index (χ4n) is 0.981. The lowest BCUT2D eigenvalue weighted by Gasteiger charge is -1.99. The Morgan fingerprint density at radius 3 is 2.29 bits per heavy atom. The first-order valence-corrected chi connectivity index (χ1v) is 4.36. The molecular weight excluding hydrogens is 200 g/mol. The van der Waals surface area contributed by atoms with E-state index in [0.29, 0.717) is 0 Å². The third-order valence-electron chi connectivity index (χ3n) is 1.66. The molecule has 0 unspecified atom stereocenters. The molecule has 0 aliphatic heterocycles. The Morgan fingerprint density at radius 1 is 1.21 bits per heavy atom. The maximum atomic E-state index is 10.9. The number of thiocarbonyl (C=S) groups is 1. The van der Waals surface area contributed by atoms with E-state index in [1.165, 1.54) is 0 Å². The monoisotopic (exact) mass is 208 g/mol. The smallest absolute Gasteiger partial charge is 0.377 e. The van der Waals surface area contributed by atoms with Gasteiger partial charge >= 0.3 is 5.97 Å². The van der Waals surface area contributed by atoms with Crippen LogP contribution in [0.4, 0.5) is 0 Å². The Hall–Kier alpha value is -1.55. The molecule has 0 aliphatic rings. The number of aliphatic carboxylic acids is 1. The number of carbonyl (C=O) groups is 2. The molecule has 1 aromatic carbocycles. The molecule has 0 heterocycles. The lowest BCUT2D eigenvalue weighted by Crippen LogP contribution is -2.23. The van der Waals surface area contributed by atoms with Crippen molar-refractivity contribution in [2.45, 2.75) is 6.42 Å². The van der Waals surface area contributed by atoms with Crippen LogP contribution in [0.3, 0.4) is 0 Å². The second-order valence-corrected chi connectivity index (χ2v) is 3.21. The number of Topliss-reactive ketones (excluding diaryl/α,β-unsaturated/α-hetero) is 1. The fourth-order valence-corrected chi connectivity index (χ4v) is 1.23. The van der Waals surface area contributed by atoms with Crippen molar-refractivity contribution in [3.05, 3.63) is 35.9 Å². The first-order valence-electron chi connectivity index (χ1n) is 3.95. The molecule has 0 aromatic heterocycles. The van der Waals surface area contributed by atoms with Crippen LogP contribution in [-0.4, -0.2) is 21.7 Å². The summed E-state index contributed by atoms with van der Waals surface area (Å²) in [5.74, 6) is -2.49. The van der Waals surface area contributed by atoms with E-state index in [2.05, 4.69) is 0 Å². The highest BCUT2D eigenvalue weighted by molar-refractivity contribution is 7.82. The molecule has 72 valence electrons. The third-order valence-corrected chi connectivity index (χ3v) is 1.98. The van der Waals surface area contributed by atoms with Crippen LogP contribution < -0.4 is 0 Å². The van der Waals surface area contributed by atoms with E-state index in [9.17, 15) is 9.59 Å². The third kappa shape index (κ3) is 2.74. The lowest BCUT2D eigenvalue weighted by molar-refractivity contribution is -0.145. The number of carboxylic acid groups (broad SMARTS) is 1. The molecule has 0 bridgehead atoms. The summed E-state index contributed by atoms with van der Waals surface area (Å²) < 4.78 is 0. The maximum Gasteiger partial charge on any atom is 0.377 e. The number of hydrogen-bond donors (Lipinski definition) is 1. The van der Waals surface area contributed by atoms with Crippen LogP contribution in [0.25, 0.3) is 0 Å². The minimum absolute atomic E-state index is 0.0660. The van der Waals surface area contributed by atoms with E-state index in [1.807, 2.05) is 18.2 Å². The van der Waals surface area contributed by atoms with Crippen molar-refractivity contribution >= 4 is 28.8 Å². The number of carbonyl (C=O) groups excluding carboxylic acids is 1. The molecule has 0 fully saturated rings. The molecule has 0 saturated carbocycles. The molecule has 0 aliphatic carbocycles. The van der Waals surface area contributed by atoms with Crippen LogP contribution >= 0.6 is 12.2 Å². The summed E-state index contributed by atoms with van der Waals surface area (Å²) in [4.78, 5) is 21.1. The first-order chi connectivity index (χ1) is 6.61. The van der Waals surface area contributed by atoms with E-state index < -0.39 is 11.8 Å². The summed E-state index contributed by atoms with van der Waals surface area (Å²) in [5, 5.41) is 8.39. The zero-order chi connectivity index (χ0) is 10.6. The molecule has 0 amide bonds. The van der Waals surface area contributed by atoms with Crippen molar-refractivity contribution in [1.82, 2.24) is 0 Å². The van der Waals surface area contributed by atoms with Crippen molar-refractivity contribution in [1.29, 1.82) is 0 Å². The van der Waals surface area contributed by atoms with Gasteiger partial charge in [-0.15, -0.1) is 0 Å². The van der Waals surface area contributed by atoms with Gasteiger partial charge in [-0.1, -0.05) is 42.5 Å². The van der Waals surface area contributed by atoms with Crippen molar-refractivity contribution in [2.24, 2.45) is 0 Å². The van der Waals surface area contributed by atoms with Gasteiger partial charge in [-0.3, -0.25) is 4.79 Å². The molecule has 4 heteroatoms. The molecule has 0 radical (unpaired) electrons. The first kappa shape index (κ1) is 10.5. The van der Waals surface area contributed by atoms with Gasteiger partial charge in [0.1, 0.15) is 0 Å². The average Bonchev–Trinajstić information content (AvgIpc) is 2.18. The Bertz CT molecular complexity index is 370. The van der Waals surface area contributed by atoms with E-state index >= 15 is 0 Å². The fraction of sp³-hybridized carbons (Fsp3) is 0.100. The highest BCUT2D eigenvalue weighted by atomic mass is 32.1. The van der Waals surface area contributed by atoms with Gasteiger partial charge in [-0.25, -0.2) is 4.79 Å². The Morgan fingerprint density at radius 2 is 1.79 bits per heavy atom. The molecule has 1 N–H and O–H groups in total. The van der Waals surface area contributed by atoms with E-state index in [0.717, 1.165) is 5.56 Å². The zero-order valence-corrected chi connectivity index (χ0v) is 8.08. The molecule has 0 saturated heterocycles. The number of benzene rings is 1. The van der Waals surface area contributed by atoms with Crippen molar-refractivity contribution < 1.29 is 14.7 Å². The van der Waals surface area contributed by atoms with Gasteiger partial charge in [-0.2, -0.15) is 0 Å². The van der Waals surface area contributed by atoms with Gasteiger partial charge in [0.05, 0.1) is 4.86 Å². The quantitative estimate of drug-likeness (QED) is 0.597. The van der Waals surface area contributed by atoms with Gasteiger partial charge in [0, 0.05) is 6.42 Å². The normalized spacial score (nSPS) is 9.43. The van der Waals surface area contributed by atoms with Crippen molar-refractivity contribution in [3.8, 4) is 0 Å². The molecule has 14 heavy (non-hydrogen) atoms. The molecule has 1 rings (SSSR count). The maximum absolute atomic E-state index is 10.9. The SMILES string of the molecule is O=C(O)C(=O)C(=S)Cc1ccccc1. The summed E-state index contributed by atoms with van der Waals surface area (Å²) in [5.41, 5.74) is 0.840. The largest absolute Gasteiger partial charge is 0.475 e. The van der Waals surface area contributed by atoms with E-state index in [4.69, 9.17) is 17.3 Å². The number of ketones is 1. The van der Waals surface area contributed by atoms with Gasteiger partial charge in [0.2, 0.25) is 0 Å². The molecule has 0 atom stereocenters. The predicted molar refractivity (Wildman–Crippen MR) is 55.4 cm³/mol. The van der Waals surface area contributed by atoms with Crippen LogP contribution in [0.1, 0.15) is 5.56 Å². The Kier molecular flexibility index (Phi) is 3.48. The zero-order valence-electron chi connectivity index (χ0n) is 7.27. The van der Waals surface area contributed by atoms with Gasteiger partial charge in [0.15, 0.2) is 0 Å². The van der Waals surface area contributed by atoms with Crippen LogP contribution in [0.2, 0.25) is 0 Å². The summed E-state index contributed by atoms with van der Waals surface area (Å²) in [6.45, 7) is 0. The average molecular weight is 208 g/mol. The number of carboxylic acids is 1. The second kappa shape index (κ2) is 4.62. The highest BCUT2D eigenvalue weighted by Crippen LogP contribution is 2.01. The number of rotatable bonds is 4. The minimum Gasteiger partial charge on any atom is -0.475 e. The summed E-state index contributed by atoms with van der Waals surface area (Å²) in [6.07, 6.45) is 0.210. The minimum atomic E-state index is -1.49. The van der Waals surface area contributed by atoms with Crippen LogP contribution in [0.15, 0.2) is 30.3 Å². The van der Waals surface area contributed by atoms with Gasteiger partial charge < -0.3 is 5.11 Å². The van der Waals surface area contributed by atoms with E-state index in [1.54, 1.807) is 12.1 Å². The Labute approximate surface area is 86.4 Å². The standard InChI is InChI=1S/C10H8O3S/c11-9(10(12)13)8(14)6-7-4-2-1-3-5-7/h1-5H,6H2,(H,12,13). The van der Waals surface area contributed by atoms with Crippen molar-refractivity contribution in [3.63, 3.8) is 0 Å². The van der Waals surface area contributed by atoms with Gasteiger partial charge in [-0.05, 0) is 5.56 Å². The van der Waals surface area contributed by atoms with Crippen LogP contribution in [-0.2, 0) is 16.0 Å². The van der Waals surface area contributed by atoms with Crippen LogP contribution in [0.5, 0.6) is 0 Å². The summed E-state index contributed by atoms with van der Waals surface area (Å²) in [6, 6.07) is 9.04.